The Morgan fingerprint density at radius 2 is 2.00 bits per heavy atom. The third-order valence-corrected chi connectivity index (χ3v) is 1.86. The van der Waals surface area contributed by atoms with Crippen LogP contribution in [0.25, 0.3) is 0 Å². The molecule has 0 atom stereocenters. The second kappa shape index (κ2) is 3.16. The molecule has 1 aliphatic rings. The molecule has 5 nitrogen and oxygen atoms in total. The summed E-state index contributed by atoms with van der Waals surface area (Å²) in [5, 5.41) is 10.4. The fourth-order valence-corrected chi connectivity index (χ4v) is 0.882. The fourth-order valence-electron chi connectivity index (χ4n) is 0.882. The van der Waals surface area contributed by atoms with Gasteiger partial charge in [0, 0.05) is 6.92 Å². The number of alkyl halides is 2. The van der Waals surface area contributed by atoms with Gasteiger partial charge in [-0.3, -0.25) is 4.79 Å². The summed E-state index contributed by atoms with van der Waals surface area (Å²) in [6, 6.07) is 0. The minimum Gasteiger partial charge on any atom is -0.479 e. The zero-order valence-electron chi connectivity index (χ0n) is 7.34. The lowest BCUT2D eigenvalue weighted by Crippen LogP contribution is -2.68. The van der Waals surface area contributed by atoms with Gasteiger partial charge in [0.2, 0.25) is 0 Å². The SMILES string of the molecule is CC(F)(F)C(=O)NC1(C(=O)O)COC1. The third kappa shape index (κ3) is 1.82. The zero-order chi connectivity index (χ0) is 11.0. The van der Waals surface area contributed by atoms with Crippen LogP contribution in [0.2, 0.25) is 0 Å². The number of aliphatic carboxylic acids is 1. The van der Waals surface area contributed by atoms with Gasteiger partial charge in [0.05, 0.1) is 13.2 Å². The van der Waals surface area contributed by atoms with E-state index in [1.807, 2.05) is 0 Å². The van der Waals surface area contributed by atoms with Crippen molar-refractivity contribution in [2.75, 3.05) is 13.2 Å². The first kappa shape index (κ1) is 10.8. The van der Waals surface area contributed by atoms with Crippen molar-refractivity contribution in [2.24, 2.45) is 0 Å². The Hall–Kier alpha value is -1.24. The van der Waals surface area contributed by atoms with Crippen LogP contribution >= 0.6 is 0 Å². The number of carbonyl (C=O) groups is 2. The lowest BCUT2D eigenvalue weighted by molar-refractivity contribution is -0.174. The van der Waals surface area contributed by atoms with Crippen LogP contribution in [0.15, 0.2) is 0 Å². The minimum atomic E-state index is -3.59. The smallest absolute Gasteiger partial charge is 0.334 e. The van der Waals surface area contributed by atoms with Crippen LogP contribution in [0.1, 0.15) is 6.92 Å². The first-order valence-corrected chi connectivity index (χ1v) is 3.79. The third-order valence-electron chi connectivity index (χ3n) is 1.86. The largest absolute Gasteiger partial charge is 0.479 e. The average Bonchev–Trinajstić information content (AvgIpc) is 1.93. The molecule has 7 heteroatoms. The van der Waals surface area contributed by atoms with Crippen LogP contribution in [-0.4, -0.2) is 41.7 Å². The number of hydrogen-bond donors (Lipinski definition) is 2. The summed E-state index contributed by atoms with van der Waals surface area (Å²) < 4.78 is 29.4. The highest BCUT2D eigenvalue weighted by Gasteiger charge is 2.50. The van der Waals surface area contributed by atoms with Gasteiger partial charge in [-0.1, -0.05) is 0 Å². The molecule has 1 amide bonds. The normalized spacial score (nSPS) is 19.6. The molecule has 1 rings (SSSR count). The highest BCUT2D eigenvalue weighted by atomic mass is 19.3. The lowest BCUT2D eigenvalue weighted by Gasteiger charge is -2.38. The molecule has 0 aromatic heterocycles. The van der Waals surface area contributed by atoms with Crippen LogP contribution in [0.3, 0.4) is 0 Å². The van der Waals surface area contributed by atoms with Gasteiger partial charge >= 0.3 is 11.9 Å². The molecule has 0 aromatic rings. The van der Waals surface area contributed by atoms with Crippen molar-refractivity contribution in [3.8, 4) is 0 Å². The number of nitrogens with one attached hydrogen (secondary N) is 1. The van der Waals surface area contributed by atoms with Crippen molar-refractivity contribution >= 4 is 11.9 Å². The molecule has 1 saturated heterocycles. The van der Waals surface area contributed by atoms with Crippen molar-refractivity contribution in [3.05, 3.63) is 0 Å². The number of carboxylic acids is 1. The second-order valence-electron chi connectivity index (χ2n) is 3.22. The maximum absolute atomic E-state index is 12.4. The Balaban J connectivity index is 2.67. The Kier molecular flexibility index (Phi) is 2.45. The quantitative estimate of drug-likeness (QED) is 0.663. The Morgan fingerprint density at radius 1 is 1.50 bits per heavy atom. The number of ether oxygens (including phenoxy) is 1. The summed E-state index contributed by atoms with van der Waals surface area (Å²) in [5.74, 6) is -6.57. The van der Waals surface area contributed by atoms with E-state index >= 15 is 0 Å². The summed E-state index contributed by atoms with van der Waals surface area (Å²) >= 11 is 0. The van der Waals surface area contributed by atoms with Gasteiger partial charge in [0.1, 0.15) is 0 Å². The fraction of sp³-hybridized carbons (Fsp3) is 0.714. The minimum absolute atomic E-state index is 0.288. The van der Waals surface area contributed by atoms with E-state index in [0.717, 1.165) is 0 Å². The van der Waals surface area contributed by atoms with E-state index in [9.17, 15) is 18.4 Å². The lowest BCUT2D eigenvalue weighted by atomic mass is 9.97. The maximum Gasteiger partial charge on any atom is 0.334 e. The monoisotopic (exact) mass is 209 g/mol. The highest BCUT2D eigenvalue weighted by Crippen LogP contribution is 2.20. The number of amides is 1. The summed E-state index contributed by atoms with van der Waals surface area (Å²) in [6.45, 7) is -0.175. The number of hydrogen-bond acceptors (Lipinski definition) is 3. The molecule has 0 aliphatic carbocycles. The molecule has 0 saturated carbocycles. The number of carbonyl (C=O) groups excluding carboxylic acids is 1. The van der Waals surface area contributed by atoms with Crippen LogP contribution in [0.5, 0.6) is 0 Å². The molecule has 0 aromatic carbocycles. The van der Waals surface area contributed by atoms with Crippen molar-refractivity contribution in [1.29, 1.82) is 0 Å². The van der Waals surface area contributed by atoms with Crippen molar-refractivity contribution < 1.29 is 28.2 Å². The van der Waals surface area contributed by atoms with E-state index in [1.165, 1.54) is 0 Å². The molecule has 0 spiro atoms. The van der Waals surface area contributed by atoms with Crippen LogP contribution < -0.4 is 5.32 Å². The molecule has 2 N–H and O–H groups in total. The van der Waals surface area contributed by atoms with Gasteiger partial charge in [0.25, 0.3) is 5.91 Å². The van der Waals surface area contributed by atoms with E-state index in [1.54, 1.807) is 5.32 Å². The molecule has 14 heavy (non-hydrogen) atoms. The van der Waals surface area contributed by atoms with Gasteiger partial charge in [-0.2, -0.15) is 8.78 Å². The van der Waals surface area contributed by atoms with Gasteiger partial charge in [-0.15, -0.1) is 0 Å². The first-order chi connectivity index (χ1) is 6.28. The van der Waals surface area contributed by atoms with E-state index < -0.39 is 23.3 Å². The van der Waals surface area contributed by atoms with Crippen LogP contribution in [0.4, 0.5) is 8.78 Å². The predicted octanol–water partition coefficient (Wildman–Crippen LogP) is -0.389. The Bertz CT molecular complexity index is 269. The summed E-state index contributed by atoms with van der Waals surface area (Å²) in [4.78, 5) is 21.4. The summed E-state index contributed by atoms with van der Waals surface area (Å²) in [5.41, 5.74) is -1.68. The molecule has 80 valence electrons. The van der Waals surface area contributed by atoms with Gasteiger partial charge in [-0.05, 0) is 0 Å². The molecule has 0 unspecified atom stereocenters. The molecule has 1 fully saturated rings. The molecule has 0 radical (unpaired) electrons. The number of halogens is 2. The van der Waals surface area contributed by atoms with Crippen LogP contribution in [-0.2, 0) is 14.3 Å². The van der Waals surface area contributed by atoms with E-state index in [4.69, 9.17) is 5.11 Å². The van der Waals surface area contributed by atoms with E-state index in [-0.39, 0.29) is 13.2 Å². The van der Waals surface area contributed by atoms with Gasteiger partial charge in [0.15, 0.2) is 5.54 Å². The maximum atomic E-state index is 12.4. The molecule has 1 heterocycles. The second-order valence-corrected chi connectivity index (χ2v) is 3.22. The Labute approximate surface area is 78.0 Å². The van der Waals surface area contributed by atoms with Gasteiger partial charge < -0.3 is 15.2 Å². The Morgan fingerprint density at radius 3 is 2.21 bits per heavy atom. The van der Waals surface area contributed by atoms with E-state index in [0.29, 0.717) is 6.92 Å². The first-order valence-electron chi connectivity index (χ1n) is 3.79. The topological polar surface area (TPSA) is 75.6 Å². The average molecular weight is 209 g/mol. The van der Waals surface area contributed by atoms with Crippen molar-refractivity contribution in [2.45, 2.75) is 18.4 Å². The molecular formula is C7H9F2NO4. The molecular weight excluding hydrogens is 200 g/mol. The standard InChI is InChI=1S/C7H9F2NO4/c1-6(8,9)4(11)10-7(5(12)13)2-14-3-7/h2-3H2,1H3,(H,10,11)(H,12,13). The highest BCUT2D eigenvalue weighted by molar-refractivity contribution is 5.91. The number of carboxylic acid groups (broad SMARTS) is 1. The molecule has 1 aliphatic heterocycles. The van der Waals surface area contributed by atoms with Crippen molar-refractivity contribution in [1.82, 2.24) is 5.32 Å². The zero-order valence-corrected chi connectivity index (χ0v) is 7.34. The molecule has 0 bridgehead atoms. The van der Waals surface area contributed by atoms with E-state index in [2.05, 4.69) is 4.74 Å². The summed E-state index contributed by atoms with van der Waals surface area (Å²) in [6.07, 6.45) is 0. The van der Waals surface area contributed by atoms with Crippen molar-refractivity contribution in [3.63, 3.8) is 0 Å². The predicted molar refractivity (Wildman–Crippen MR) is 39.9 cm³/mol. The van der Waals surface area contributed by atoms with Crippen LogP contribution in [0, 0.1) is 0 Å². The number of rotatable bonds is 3. The summed E-state index contributed by atoms with van der Waals surface area (Å²) in [7, 11) is 0. The van der Waals surface area contributed by atoms with Gasteiger partial charge in [-0.25, -0.2) is 4.79 Å².